The van der Waals surface area contributed by atoms with E-state index >= 15 is 0 Å². The van der Waals surface area contributed by atoms with E-state index in [1.165, 1.54) is 19.2 Å². The SMILES string of the molecule is CN(CCCC(=O)OCc1nnc(-c2ccccc2)o1)S(=O)(=O)c1ccc(F)cc1. The average molecular weight is 433 g/mol. The van der Waals surface area contributed by atoms with Crippen molar-refractivity contribution >= 4 is 16.0 Å². The smallest absolute Gasteiger partial charge is 0.306 e. The van der Waals surface area contributed by atoms with Gasteiger partial charge in [-0.05, 0) is 42.8 Å². The van der Waals surface area contributed by atoms with Crippen molar-refractivity contribution in [1.82, 2.24) is 14.5 Å². The maximum atomic E-state index is 13.0. The second-order valence-corrected chi connectivity index (χ2v) is 8.46. The molecular formula is C20H20FN3O5S. The van der Waals surface area contributed by atoms with E-state index in [1.807, 2.05) is 30.3 Å². The van der Waals surface area contributed by atoms with Gasteiger partial charge in [0, 0.05) is 25.6 Å². The van der Waals surface area contributed by atoms with Crippen LogP contribution < -0.4 is 0 Å². The Morgan fingerprint density at radius 2 is 1.80 bits per heavy atom. The van der Waals surface area contributed by atoms with Gasteiger partial charge in [-0.25, -0.2) is 17.1 Å². The Morgan fingerprint density at radius 1 is 1.10 bits per heavy atom. The molecule has 0 atom stereocenters. The fourth-order valence-electron chi connectivity index (χ4n) is 2.58. The molecule has 3 aromatic rings. The molecule has 0 saturated heterocycles. The summed E-state index contributed by atoms with van der Waals surface area (Å²) < 4.78 is 49.5. The van der Waals surface area contributed by atoms with Gasteiger partial charge in [0.25, 0.3) is 5.89 Å². The van der Waals surface area contributed by atoms with Crippen LogP contribution in [0.2, 0.25) is 0 Å². The fourth-order valence-corrected chi connectivity index (χ4v) is 3.79. The molecule has 0 aliphatic rings. The number of carbonyl (C=O) groups is 1. The zero-order chi connectivity index (χ0) is 21.6. The monoisotopic (exact) mass is 433 g/mol. The number of halogens is 1. The highest BCUT2D eigenvalue weighted by atomic mass is 32.2. The molecule has 1 heterocycles. The number of esters is 1. The minimum atomic E-state index is -3.75. The van der Waals surface area contributed by atoms with Crippen molar-refractivity contribution in [3.05, 3.63) is 66.3 Å². The first-order valence-corrected chi connectivity index (χ1v) is 10.6. The quantitative estimate of drug-likeness (QED) is 0.478. The van der Waals surface area contributed by atoms with Gasteiger partial charge in [-0.2, -0.15) is 0 Å². The predicted octanol–water partition coefficient (Wildman–Crippen LogP) is 3.02. The van der Waals surface area contributed by atoms with E-state index in [-0.39, 0.29) is 36.8 Å². The molecular weight excluding hydrogens is 413 g/mol. The number of sulfonamides is 1. The molecule has 0 fully saturated rings. The van der Waals surface area contributed by atoms with Gasteiger partial charge in [-0.1, -0.05) is 18.2 Å². The zero-order valence-corrected chi connectivity index (χ0v) is 17.0. The van der Waals surface area contributed by atoms with Crippen LogP contribution in [0.15, 0.2) is 63.9 Å². The number of hydrogen-bond donors (Lipinski definition) is 0. The van der Waals surface area contributed by atoms with Gasteiger partial charge < -0.3 is 9.15 Å². The molecule has 0 bridgehead atoms. The molecule has 30 heavy (non-hydrogen) atoms. The average Bonchev–Trinajstić information content (AvgIpc) is 3.22. The molecule has 0 saturated carbocycles. The molecule has 2 aromatic carbocycles. The summed E-state index contributed by atoms with van der Waals surface area (Å²) in [7, 11) is -2.35. The van der Waals surface area contributed by atoms with Crippen LogP contribution in [-0.2, 0) is 26.2 Å². The van der Waals surface area contributed by atoms with Crippen molar-refractivity contribution in [3.63, 3.8) is 0 Å². The van der Waals surface area contributed by atoms with E-state index in [0.717, 1.165) is 22.0 Å². The van der Waals surface area contributed by atoms with E-state index in [2.05, 4.69) is 10.2 Å². The third kappa shape index (κ3) is 5.49. The molecule has 10 heteroatoms. The van der Waals surface area contributed by atoms with Crippen molar-refractivity contribution in [2.75, 3.05) is 13.6 Å². The van der Waals surface area contributed by atoms with E-state index in [9.17, 15) is 17.6 Å². The lowest BCUT2D eigenvalue weighted by atomic mass is 10.2. The molecule has 0 unspecified atom stereocenters. The van der Waals surface area contributed by atoms with Gasteiger partial charge in [0.1, 0.15) is 5.82 Å². The van der Waals surface area contributed by atoms with Crippen molar-refractivity contribution in [2.45, 2.75) is 24.3 Å². The van der Waals surface area contributed by atoms with Gasteiger partial charge >= 0.3 is 5.97 Å². The van der Waals surface area contributed by atoms with E-state index in [1.54, 1.807) is 0 Å². The Morgan fingerprint density at radius 3 is 2.50 bits per heavy atom. The van der Waals surface area contributed by atoms with Gasteiger partial charge in [0.05, 0.1) is 4.90 Å². The Balaban J connectivity index is 1.44. The summed E-state index contributed by atoms with van der Waals surface area (Å²) >= 11 is 0. The zero-order valence-electron chi connectivity index (χ0n) is 16.2. The van der Waals surface area contributed by atoms with Crippen LogP contribution in [0.25, 0.3) is 11.5 Å². The molecule has 0 spiro atoms. The van der Waals surface area contributed by atoms with Crippen LogP contribution >= 0.6 is 0 Å². The summed E-state index contributed by atoms with van der Waals surface area (Å²) in [4.78, 5) is 11.9. The Labute approximate surface area is 173 Å². The normalized spacial score (nSPS) is 11.6. The molecule has 0 N–H and O–H groups in total. The van der Waals surface area contributed by atoms with Crippen LogP contribution in [0, 0.1) is 5.82 Å². The lowest BCUT2D eigenvalue weighted by Crippen LogP contribution is -2.28. The van der Waals surface area contributed by atoms with Crippen LogP contribution in [0.5, 0.6) is 0 Å². The van der Waals surface area contributed by atoms with Gasteiger partial charge in [0.15, 0.2) is 6.61 Å². The highest BCUT2D eigenvalue weighted by Gasteiger charge is 2.20. The minimum Gasteiger partial charge on any atom is -0.456 e. The number of carbonyl (C=O) groups excluding carboxylic acids is 1. The van der Waals surface area contributed by atoms with Gasteiger partial charge in [0.2, 0.25) is 15.9 Å². The maximum Gasteiger partial charge on any atom is 0.306 e. The molecule has 0 aliphatic heterocycles. The van der Waals surface area contributed by atoms with Gasteiger partial charge in [-0.15, -0.1) is 10.2 Å². The summed E-state index contributed by atoms with van der Waals surface area (Å²) in [6.07, 6.45) is 0.276. The molecule has 8 nitrogen and oxygen atoms in total. The van der Waals surface area contributed by atoms with Crippen molar-refractivity contribution < 1.29 is 26.8 Å². The van der Waals surface area contributed by atoms with Crippen LogP contribution in [0.4, 0.5) is 4.39 Å². The lowest BCUT2D eigenvalue weighted by molar-refractivity contribution is -0.145. The third-order valence-electron chi connectivity index (χ3n) is 4.22. The second-order valence-electron chi connectivity index (χ2n) is 6.41. The number of aromatic nitrogens is 2. The molecule has 0 aliphatic carbocycles. The summed E-state index contributed by atoms with van der Waals surface area (Å²) in [5, 5.41) is 7.74. The first kappa shape index (κ1) is 21.6. The van der Waals surface area contributed by atoms with Crippen molar-refractivity contribution in [3.8, 4) is 11.5 Å². The van der Waals surface area contributed by atoms with Crippen LogP contribution in [0.3, 0.4) is 0 Å². The number of ether oxygens (including phenoxy) is 1. The third-order valence-corrected chi connectivity index (χ3v) is 6.09. The van der Waals surface area contributed by atoms with E-state index in [4.69, 9.17) is 9.15 Å². The Hall–Kier alpha value is -3.11. The number of rotatable bonds is 9. The van der Waals surface area contributed by atoms with E-state index in [0.29, 0.717) is 5.89 Å². The summed E-state index contributed by atoms with van der Waals surface area (Å²) in [6.45, 7) is -0.0596. The molecule has 3 rings (SSSR count). The summed E-state index contributed by atoms with van der Waals surface area (Å²) in [6, 6.07) is 13.7. The maximum absolute atomic E-state index is 13.0. The first-order chi connectivity index (χ1) is 14.4. The second kappa shape index (κ2) is 9.59. The number of hydrogen-bond acceptors (Lipinski definition) is 7. The molecule has 0 radical (unpaired) electrons. The Kier molecular flexibility index (Phi) is 6.91. The van der Waals surface area contributed by atoms with Gasteiger partial charge in [-0.3, -0.25) is 4.79 Å². The lowest BCUT2D eigenvalue weighted by Gasteiger charge is -2.16. The first-order valence-electron chi connectivity index (χ1n) is 9.11. The van der Waals surface area contributed by atoms with Crippen molar-refractivity contribution in [1.29, 1.82) is 0 Å². The summed E-state index contributed by atoms with van der Waals surface area (Å²) in [5.41, 5.74) is 0.757. The topological polar surface area (TPSA) is 103 Å². The largest absolute Gasteiger partial charge is 0.456 e. The molecule has 158 valence electrons. The van der Waals surface area contributed by atoms with Crippen molar-refractivity contribution in [2.24, 2.45) is 0 Å². The number of nitrogens with zero attached hydrogens (tertiary/aromatic N) is 3. The Bertz CT molecular complexity index is 1090. The van der Waals surface area contributed by atoms with Crippen LogP contribution in [0.1, 0.15) is 18.7 Å². The van der Waals surface area contributed by atoms with E-state index < -0.39 is 21.8 Å². The summed E-state index contributed by atoms with van der Waals surface area (Å²) in [5.74, 6) is -0.536. The highest BCUT2D eigenvalue weighted by molar-refractivity contribution is 7.89. The van der Waals surface area contributed by atoms with Crippen LogP contribution in [-0.4, -0.2) is 42.5 Å². The number of benzene rings is 2. The molecule has 0 amide bonds. The fraction of sp³-hybridized carbons (Fsp3) is 0.250. The highest BCUT2D eigenvalue weighted by Crippen LogP contribution is 2.18. The minimum absolute atomic E-state index is 0.0143. The molecule has 1 aromatic heterocycles. The predicted molar refractivity (Wildman–Crippen MR) is 105 cm³/mol. The standard InChI is InChI=1S/C20H20FN3O5S/c1-24(30(26,27)17-11-9-16(21)10-12-17)13-5-8-19(25)28-14-18-22-23-20(29-18)15-6-3-2-4-7-15/h2-4,6-7,9-12H,5,8,13-14H2,1H3.